The van der Waals surface area contributed by atoms with Crippen molar-refractivity contribution in [2.24, 2.45) is 5.92 Å². The summed E-state index contributed by atoms with van der Waals surface area (Å²) in [7, 11) is 1.50. The van der Waals surface area contributed by atoms with Crippen LogP contribution in [0.5, 0.6) is 0 Å². The van der Waals surface area contributed by atoms with E-state index in [1.54, 1.807) is 6.92 Å². The molecule has 0 rings (SSSR count). The highest BCUT2D eigenvalue weighted by molar-refractivity contribution is 5.83. The van der Waals surface area contributed by atoms with Crippen molar-refractivity contribution >= 4 is 11.9 Å². The zero-order valence-electron chi connectivity index (χ0n) is 9.45. The third-order valence-electron chi connectivity index (χ3n) is 2.33. The van der Waals surface area contributed by atoms with Crippen molar-refractivity contribution < 1.29 is 19.4 Å². The summed E-state index contributed by atoms with van der Waals surface area (Å²) in [5.74, 6) is -1.35. The van der Waals surface area contributed by atoms with Crippen LogP contribution in [0.4, 0.5) is 0 Å². The lowest BCUT2D eigenvalue weighted by molar-refractivity contribution is -0.143. The molecule has 0 heterocycles. The van der Waals surface area contributed by atoms with Gasteiger partial charge in [-0.2, -0.15) is 0 Å². The van der Waals surface area contributed by atoms with Crippen LogP contribution in [0.2, 0.25) is 0 Å². The summed E-state index contributed by atoms with van der Waals surface area (Å²) in [4.78, 5) is 22.1. The minimum atomic E-state index is -0.991. The van der Waals surface area contributed by atoms with Crippen molar-refractivity contribution in [3.63, 3.8) is 0 Å². The normalized spacial score (nSPS) is 14.3. The van der Waals surface area contributed by atoms with E-state index in [1.807, 2.05) is 6.92 Å². The second-order valence-corrected chi connectivity index (χ2v) is 3.51. The van der Waals surface area contributed by atoms with Gasteiger partial charge in [0.15, 0.2) is 0 Å². The van der Waals surface area contributed by atoms with Gasteiger partial charge in [0.05, 0.1) is 6.61 Å². The zero-order valence-corrected chi connectivity index (χ0v) is 9.45. The number of carboxylic acid groups (broad SMARTS) is 1. The number of methoxy groups -OCH3 is 1. The standard InChI is InChI=1S/C10H19NO4/c1-4-7(2)9(10(13)14)11-8(12)5-6-15-3/h7,9H,4-6H2,1-3H3,(H,11,12)(H,13,14)/t7?,9-/m0/s1. The number of carbonyl (C=O) groups is 2. The summed E-state index contributed by atoms with van der Waals surface area (Å²) < 4.78 is 4.73. The molecule has 2 N–H and O–H groups in total. The number of hydrogen-bond acceptors (Lipinski definition) is 3. The van der Waals surface area contributed by atoms with Crippen molar-refractivity contribution in [2.75, 3.05) is 13.7 Å². The van der Waals surface area contributed by atoms with E-state index < -0.39 is 12.0 Å². The number of aliphatic carboxylic acids is 1. The largest absolute Gasteiger partial charge is 0.480 e. The average molecular weight is 217 g/mol. The number of ether oxygens (including phenoxy) is 1. The Balaban J connectivity index is 4.16. The van der Waals surface area contributed by atoms with Gasteiger partial charge in [0.2, 0.25) is 5.91 Å². The van der Waals surface area contributed by atoms with Gasteiger partial charge in [-0.1, -0.05) is 20.3 Å². The molecule has 1 unspecified atom stereocenters. The number of amides is 1. The molecule has 0 fully saturated rings. The van der Waals surface area contributed by atoms with Gasteiger partial charge in [-0.25, -0.2) is 4.79 Å². The Morgan fingerprint density at radius 1 is 1.47 bits per heavy atom. The molecular formula is C10H19NO4. The smallest absolute Gasteiger partial charge is 0.326 e. The predicted octanol–water partition coefficient (Wildman–Crippen LogP) is 0.638. The first-order chi connectivity index (χ1) is 7.02. The lowest BCUT2D eigenvalue weighted by atomic mass is 9.99. The molecule has 0 spiro atoms. The number of nitrogens with one attached hydrogen (secondary N) is 1. The topological polar surface area (TPSA) is 75.6 Å². The van der Waals surface area contributed by atoms with Crippen molar-refractivity contribution in [3.8, 4) is 0 Å². The Morgan fingerprint density at radius 2 is 2.07 bits per heavy atom. The second kappa shape index (κ2) is 7.23. The first kappa shape index (κ1) is 13.9. The molecule has 0 saturated carbocycles. The molecule has 88 valence electrons. The summed E-state index contributed by atoms with van der Waals surface area (Å²) in [5, 5.41) is 11.4. The Hall–Kier alpha value is -1.10. The molecule has 0 aromatic carbocycles. The van der Waals surface area contributed by atoms with E-state index in [0.29, 0.717) is 13.0 Å². The van der Waals surface area contributed by atoms with Gasteiger partial charge in [0.1, 0.15) is 6.04 Å². The minimum Gasteiger partial charge on any atom is -0.480 e. The maximum Gasteiger partial charge on any atom is 0.326 e. The van der Waals surface area contributed by atoms with Gasteiger partial charge in [-0.3, -0.25) is 4.79 Å². The second-order valence-electron chi connectivity index (χ2n) is 3.51. The molecule has 5 nitrogen and oxygen atoms in total. The fourth-order valence-corrected chi connectivity index (χ4v) is 1.12. The molecule has 0 aliphatic rings. The number of hydrogen-bond donors (Lipinski definition) is 2. The number of carboxylic acids is 1. The number of carbonyl (C=O) groups excluding carboxylic acids is 1. The summed E-state index contributed by atoms with van der Waals surface area (Å²) in [6, 6.07) is -0.806. The average Bonchev–Trinajstić information content (AvgIpc) is 2.21. The van der Waals surface area contributed by atoms with E-state index >= 15 is 0 Å². The predicted molar refractivity (Wildman–Crippen MR) is 55.5 cm³/mol. The molecule has 1 amide bonds. The Morgan fingerprint density at radius 3 is 2.47 bits per heavy atom. The molecule has 0 radical (unpaired) electrons. The van der Waals surface area contributed by atoms with Crippen LogP contribution in [0.3, 0.4) is 0 Å². The van der Waals surface area contributed by atoms with Gasteiger partial charge in [0.25, 0.3) is 0 Å². The van der Waals surface area contributed by atoms with Crippen LogP contribution in [-0.2, 0) is 14.3 Å². The molecule has 0 aromatic rings. The third-order valence-corrected chi connectivity index (χ3v) is 2.33. The van der Waals surface area contributed by atoms with E-state index in [0.717, 1.165) is 0 Å². The monoisotopic (exact) mass is 217 g/mol. The fraction of sp³-hybridized carbons (Fsp3) is 0.800. The maximum absolute atomic E-state index is 11.3. The van der Waals surface area contributed by atoms with E-state index in [9.17, 15) is 9.59 Å². The van der Waals surface area contributed by atoms with Crippen molar-refractivity contribution in [3.05, 3.63) is 0 Å². The first-order valence-corrected chi connectivity index (χ1v) is 5.04. The highest BCUT2D eigenvalue weighted by Crippen LogP contribution is 2.07. The van der Waals surface area contributed by atoms with Gasteiger partial charge in [-0.05, 0) is 5.92 Å². The summed E-state index contributed by atoms with van der Waals surface area (Å²) in [5.41, 5.74) is 0. The molecule has 2 atom stereocenters. The van der Waals surface area contributed by atoms with Crippen LogP contribution >= 0.6 is 0 Å². The van der Waals surface area contributed by atoms with Crippen molar-refractivity contribution in [1.82, 2.24) is 5.32 Å². The summed E-state index contributed by atoms with van der Waals surface area (Å²) in [6.45, 7) is 4.00. The van der Waals surface area contributed by atoms with Crippen molar-refractivity contribution in [2.45, 2.75) is 32.7 Å². The van der Waals surface area contributed by atoms with Gasteiger partial charge >= 0.3 is 5.97 Å². The Kier molecular flexibility index (Phi) is 6.70. The maximum atomic E-state index is 11.3. The van der Waals surface area contributed by atoms with E-state index in [1.165, 1.54) is 7.11 Å². The third kappa shape index (κ3) is 5.37. The highest BCUT2D eigenvalue weighted by atomic mass is 16.5. The lowest BCUT2D eigenvalue weighted by Gasteiger charge is -2.19. The van der Waals surface area contributed by atoms with E-state index in [2.05, 4.69) is 5.32 Å². The van der Waals surface area contributed by atoms with Crippen molar-refractivity contribution in [1.29, 1.82) is 0 Å². The summed E-state index contributed by atoms with van der Waals surface area (Å²) >= 11 is 0. The molecule has 0 bridgehead atoms. The quantitative estimate of drug-likeness (QED) is 0.656. The highest BCUT2D eigenvalue weighted by Gasteiger charge is 2.24. The fourth-order valence-electron chi connectivity index (χ4n) is 1.12. The zero-order chi connectivity index (χ0) is 11.8. The van der Waals surface area contributed by atoms with Gasteiger partial charge in [-0.15, -0.1) is 0 Å². The Labute approximate surface area is 89.8 Å². The molecule has 0 aromatic heterocycles. The van der Waals surface area contributed by atoms with Crippen LogP contribution in [0.1, 0.15) is 26.7 Å². The lowest BCUT2D eigenvalue weighted by Crippen LogP contribution is -2.45. The van der Waals surface area contributed by atoms with E-state index in [-0.39, 0.29) is 18.2 Å². The molecule has 0 aliphatic heterocycles. The molecular weight excluding hydrogens is 198 g/mol. The van der Waals surface area contributed by atoms with Crippen LogP contribution in [-0.4, -0.2) is 36.7 Å². The molecule has 0 aliphatic carbocycles. The van der Waals surface area contributed by atoms with Gasteiger partial charge in [0, 0.05) is 13.5 Å². The van der Waals surface area contributed by atoms with Crippen LogP contribution < -0.4 is 5.32 Å². The number of rotatable bonds is 7. The van der Waals surface area contributed by atoms with Gasteiger partial charge < -0.3 is 15.2 Å². The first-order valence-electron chi connectivity index (χ1n) is 5.04. The summed E-state index contributed by atoms with van der Waals surface area (Å²) in [6.07, 6.45) is 0.901. The molecule has 0 saturated heterocycles. The van der Waals surface area contributed by atoms with Crippen LogP contribution in [0.25, 0.3) is 0 Å². The van der Waals surface area contributed by atoms with Crippen LogP contribution in [0, 0.1) is 5.92 Å². The van der Waals surface area contributed by atoms with Crippen LogP contribution in [0.15, 0.2) is 0 Å². The van der Waals surface area contributed by atoms with E-state index in [4.69, 9.17) is 9.84 Å². The minimum absolute atomic E-state index is 0.0750. The molecule has 5 heteroatoms. The SMILES string of the molecule is CCC(C)[C@H](NC(=O)CCOC)C(=O)O. The molecule has 15 heavy (non-hydrogen) atoms. The Bertz CT molecular complexity index is 217.